The lowest BCUT2D eigenvalue weighted by atomic mass is 10.1. The van der Waals surface area contributed by atoms with Gasteiger partial charge in [0.2, 0.25) is 5.91 Å². The van der Waals surface area contributed by atoms with Crippen molar-refractivity contribution in [1.82, 2.24) is 4.90 Å². The number of carbonyl (C=O) groups excluding carboxylic acids is 2. The van der Waals surface area contributed by atoms with E-state index >= 15 is 0 Å². The molecule has 0 aromatic heterocycles. The number of thioether (sulfide) groups is 1. The number of carboxylic acid groups (broad SMARTS) is 1. The van der Waals surface area contributed by atoms with Crippen LogP contribution in [0.15, 0.2) is 23.1 Å². The molecule has 1 aliphatic heterocycles. The summed E-state index contributed by atoms with van der Waals surface area (Å²) in [5.74, 6) is -3.32. The van der Waals surface area contributed by atoms with Crippen molar-refractivity contribution in [3.63, 3.8) is 0 Å². The maximum atomic E-state index is 13.9. The summed E-state index contributed by atoms with van der Waals surface area (Å²) < 4.78 is 13.9. The molecule has 0 spiro atoms. The van der Waals surface area contributed by atoms with Crippen molar-refractivity contribution in [2.24, 2.45) is 5.73 Å². The van der Waals surface area contributed by atoms with Crippen LogP contribution in [0.4, 0.5) is 4.39 Å². The molecular formula is C15H12ClFN2O4S2. The monoisotopic (exact) mass is 402 g/mol. The minimum Gasteiger partial charge on any atom is -0.480 e. The van der Waals surface area contributed by atoms with Gasteiger partial charge in [0, 0.05) is 12.0 Å². The molecule has 6 nitrogen and oxygen atoms in total. The summed E-state index contributed by atoms with van der Waals surface area (Å²) in [5, 5.41) is 9.44. The topological polar surface area (TPSA) is 101 Å². The molecule has 0 radical (unpaired) electrons. The van der Waals surface area contributed by atoms with Crippen LogP contribution in [-0.2, 0) is 14.4 Å². The molecular weight excluding hydrogens is 391 g/mol. The number of hydrogen-bond acceptors (Lipinski definition) is 5. The zero-order chi connectivity index (χ0) is 18.7. The third kappa shape index (κ3) is 4.36. The van der Waals surface area contributed by atoms with Crippen molar-refractivity contribution in [3.05, 3.63) is 39.5 Å². The summed E-state index contributed by atoms with van der Waals surface area (Å²) in [6.07, 6.45) is 0.834. The first-order chi connectivity index (χ1) is 11.7. The fraction of sp³-hybridized carbons (Fsp3) is 0.200. The van der Waals surface area contributed by atoms with E-state index in [2.05, 4.69) is 0 Å². The van der Waals surface area contributed by atoms with Gasteiger partial charge in [0.1, 0.15) is 16.2 Å². The van der Waals surface area contributed by atoms with E-state index in [4.69, 9.17) is 29.6 Å². The second kappa shape index (κ2) is 7.94. The number of primary amides is 1. The number of hydrogen-bond donors (Lipinski definition) is 2. The van der Waals surface area contributed by atoms with E-state index < -0.39 is 29.6 Å². The number of thiocarbonyl (C=S) groups is 1. The minimum absolute atomic E-state index is 0.000539. The van der Waals surface area contributed by atoms with Gasteiger partial charge in [0.25, 0.3) is 5.91 Å². The number of carboxylic acids is 1. The molecule has 1 fully saturated rings. The van der Waals surface area contributed by atoms with E-state index in [1.165, 1.54) is 24.3 Å². The lowest BCUT2D eigenvalue weighted by molar-refractivity contribution is -0.145. The first kappa shape index (κ1) is 19.4. The quantitative estimate of drug-likeness (QED) is 0.559. The average molecular weight is 403 g/mol. The van der Waals surface area contributed by atoms with Crippen molar-refractivity contribution < 1.29 is 23.9 Å². The van der Waals surface area contributed by atoms with Gasteiger partial charge in [-0.1, -0.05) is 41.6 Å². The van der Waals surface area contributed by atoms with E-state index in [1.54, 1.807) is 0 Å². The Hall–Kier alpha value is -1.97. The summed E-state index contributed by atoms with van der Waals surface area (Å²) in [6.45, 7) is 0. The lowest BCUT2D eigenvalue weighted by Gasteiger charge is -2.22. The predicted molar refractivity (Wildman–Crippen MR) is 96.3 cm³/mol. The molecule has 1 heterocycles. The van der Waals surface area contributed by atoms with E-state index in [-0.39, 0.29) is 32.7 Å². The third-order valence-electron chi connectivity index (χ3n) is 3.36. The zero-order valence-corrected chi connectivity index (χ0v) is 15.0. The average Bonchev–Trinajstić information content (AvgIpc) is 2.78. The van der Waals surface area contributed by atoms with Gasteiger partial charge >= 0.3 is 5.97 Å². The van der Waals surface area contributed by atoms with Gasteiger partial charge < -0.3 is 10.8 Å². The lowest BCUT2D eigenvalue weighted by Crippen LogP contribution is -2.44. The van der Waals surface area contributed by atoms with Crippen LogP contribution in [0.2, 0.25) is 5.02 Å². The Morgan fingerprint density at radius 2 is 2.16 bits per heavy atom. The summed E-state index contributed by atoms with van der Waals surface area (Å²) >= 11 is 11.8. The van der Waals surface area contributed by atoms with Crippen LogP contribution in [-0.4, -0.2) is 38.2 Å². The summed E-state index contributed by atoms with van der Waals surface area (Å²) in [7, 11) is 0. The van der Waals surface area contributed by atoms with Gasteiger partial charge in [-0.2, -0.15) is 0 Å². The highest BCUT2D eigenvalue weighted by atomic mass is 35.5. The highest BCUT2D eigenvalue weighted by Gasteiger charge is 2.40. The van der Waals surface area contributed by atoms with Gasteiger partial charge in [-0.15, -0.1) is 0 Å². The number of halogens is 2. The number of rotatable bonds is 6. The Kier molecular flexibility index (Phi) is 6.15. The van der Waals surface area contributed by atoms with E-state index in [9.17, 15) is 23.9 Å². The summed E-state index contributed by atoms with van der Waals surface area (Å²) in [4.78, 5) is 35.8. The van der Waals surface area contributed by atoms with Crippen LogP contribution in [0.3, 0.4) is 0 Å². The third-order valence-corrected chi connectivity index (χ3v) is 5.02. The van der Waals surface area contributed by atoms with Crippen LogP contribution < -0.4 is 5.73 Å². The standard InChI is InChI=1S/C15H12ClFN2O4S2/c16-8-2-1-3-9(17)7(8)6-11-13(21)19(15(24)25-11)10(14(22)23)4-5-12(18)20/h1-3,6,10H,4-5H2,(H2,18,20)(H,22,23)/b11-6-. The van der Waals surface area contributed by atoms with Crippen molar-refractivity contribution in [3.8, 4) is 0 Å². The molecule has 1 saturated heterocycles. The van der Waals surface area contributed by atoms with Gasteiger partial charge in [-0.05, 0) is 24.6 Å². The second-order valence-electron chi connectivity index (χ2n) is 5.05. The van der Waals surface area contributed by atoms with Crippen molar-refractivity contribution in [2.45, 2.75) is 18.9 Å². The van der Waals surface area contributed by atoms with Crippen molar-refractivity contribution in [2.75, 3.05) is 0 Å². The molecule has 2 amide bonds. The summed E-state index contributed by atoms with van der Waals surface area (Å²) in [6, 6.07) is 2.74. The van der Waals surface area contributed by atoms with Crippen LogP contribution in [0.5, 0.6) is 0 Å². The number of carbonyl (C=O) groups is 3. The molecule has 1 aromatic carbocycles. The van der Waals surface area contributed by atoms with Gasteiger partial charge in [0.05, 0.1) is 9.93 Å². The molecule has 2 rings (SSSR count). The number of nitrogens with zero attached hydrogens (tertiary/aromatic N) is 1. The highest BCUT2D eigenvalue weighted by Crippen LogP contribution is 2.36. The molecule has 1 aromatic rings. The second-order valence-corrected chi connectivity index (χ2v) is 7.13. The largest absolute Gasteiger partial charge is 0.480 e. The Balaban J connectivity index is 2.34. The molecule has 1 unspecified atom stereocenters. The zero-order valence-electron chi connectivity index (χ0n) is 12.6. The summed E-state index contributed by atoms with van der Waals surface area (Å²) in [5.41, 5.74) is 5.04. The van der Waals surface area contributed by atoms with Crippen LogP contribution >= 0.6 is 35.6 Å². The molecule has 1 aliphatic rings. The smallest absolute Gasteiger partial charge is 0.326 e. The van der Waals surface area contributed by atoms with Crippen LogP contribution in [0.25, 0.3) is 6.08 Å². The highest BCUT2D eigenvalue weighted by molar-refractivity contribution is 8.26. The van der Waals surface area contributed by atoms with E-state index in [0.717, 1.165) is 16.7 Å². The van der Waals surface area contributed by atoms with Gasteiger partial charge in [-0.3, -0.25) is 14.5 Å². The van der Waals surface area contributed by atoms with E-state index in [1.807, 2.05) is 0 Å². The predicted octanol–water partition coefficient (Wildman–Crippen LogP) is 2.40. The normalized spacial score (nSPS) is 17.2. The molecule has 3 N–H and O–H groups in total. The molecule has 1 atom stereocenters. The fourth-order valence-corrected chi connectivity index (χ4v) is 3.73. The fourth-order valence-electron chi connectivity index (χ4n) is 2.17. The first-order valence-corrected chi connectivity index (χ1v) is 8.54. The number of aliphatic carboxylic acids is 1. The first-order valence-electron chi connectivity index (χ1n) is 6.94. The maximum Gasteiger partial charge on any atom is 0.326 e. The van der Waals surface area contributed by atoms with Gasteiger partial charge in [0.15, 0.2) is 0 Å². The van der Waals surface area contributed by atoms with Crippen LogP contribution in [0.1, 0.15) is 18.4 Å². The Morgan fingerprint density at radius 3 is 2.72 bits per heavy atom. The molecule has 10 heteroatoms. The van der Waals surface area contributed by atoms with Gasteiger partial charge in [-0.25, -0.2) is 9.18 Å². The molecule has 0 bridgehead atoms. The maximum absolute atomic E-state index is 13.9. The SMILES string of the molecule is NC(=O)CCC(C(=O)O)N1C(=O)/C(=C/c2c(F)cccc2Cl)SC1=S. The molecule has 0 saturated carbocycles. The van der Waals surface area contributed by atoms with E-state index in [0.29, 0.717) is 0 Å². The van der Waals surface area contributed by atoms with Crippen LogP contribution in [0, 0.1) is 5.82 Å². The number of benzene rings is 1. The molecule has 25 heavy (non-hydrogen) atoms. The Labute approximate surface area is 156 Å². The van der Waals surface area contributed by atoms with Crippen molar-refractivity contribution >= 4 is 63.8 Å². The number of nitrogens with two attached hydrogens (primary N) is 1. The Bertz CT molecular complexity index is 779. The molecule has 132 valence electrons. The minimum atomic E-state index is -1.33. The number of amides is 2. The Morgan fingerprint density at radius 1 is 1.48 bits per heavy atom. The van der Waals surface area contributed by atoms with Crippen molar-refractivity contribution in [1.29, 1.82) is 0 Å². The molecule has 0 aliphatic carbocycles.